The molecule has 0 radical (unpaired) electrons. The van der Waals surface area contributed by atoms with Crippen molar-refractivity contribution in [2.24, 2.45) is 5.73 Å². The molecule has 0 saturated heterocycles. The average molecular weight is 291 g/mol. The second-order valence-electron chi connectivity index (χ2n) is 3.97. The van der Waals surface area contributed by atoms with Crippen LogP contribution >= 0.6 is 0 Å². The number of nitriles is 1. The normalized spacial score (nSPS) is 9.57. The van der Waals surface area contributed by atoms with E-state index in [9.17, 15) is 9.59 Å². The van der Waals surface area contributed by atoms with Crippen molar-refractivity contribution in [2.45, 2.75) is 13.3 Å². The zero-order valence-corrected chi connectivity index (χ0v) is 11.7. The summed E-state index contributed by atoms with van der Waals surface area (Å²) in [6.45, 7) is 1.97. The largest absolute Gasteiger partial charge is 0.477 e. The van der Waals surface area contributed by atoms with E-state index in [4.69, 9.17) is 20.5 Å². The van der Waals surface area contributed by atoms with Crippen LogP contribution in [0.5, 0.6) is 5.75 Å². The van der Waals surface area contributed by atoms with Crippen LogP contribution in [0.2, 0.25) is 0 Å². The number of ether oxygens (including phenoxy) is 2. The number of carbonyl (C=O) groups is 2. The summed E-state index contributed by atoms with van der Waals surface area (Å²) in [7, 11) is 0. The molecule has 0 aliphatic heterocycles. The van der Waals surface area contributed by atoms with Gasteiger partial charge in [-0.15, -0.1) is 0 Å². The minimum atomic E-state index is -0.501. The van der Waals surface area contributed by atoms with E-state index in [1.165, 1.54) is 18.2 Å². The summed E-state index contributed by atoms with van der Waals surface area (Å²) >= 11 is 0. The van der Waals surface area contributed by atoms with Crippen molar-refractivity contribution >= 4 is 17.6 Å². The Labute approximate surface area is 122 Å². The fourth-order valence-electron chi connectivity index (χ4n) is 1.54. The predicted octanol–water partition coefficient (Wildman–Crippen LogP) is 1.05. The van der Waals surface area contributed by atoms with Crippen molar-refractivity contribution in [2.75, 3.05) is 25.1 Å². The van der Waals surface area contributed by atoms with Crippen LogP contribution in [0.3, 0.4) is 0 Å². The van der Waals surface area contributed by atoms with Gasteiger partial charge < -0.3 is 20.5 Å². The van der Waals surface area contributed by atoms with Crippen molar-refractivity contribution in [3.05, 3.63) is 23.8 Å². The molecule has 0 aromatic heterocycles. The highest BCUT2D eigenvalue weighted by molar-refractivity contribution is 5.95. The first-order valence-corrected chi connectivity index (χ1v) is 6.43. The van der Waals surface area contributed by atoms with Crippen LogP contribution in [0.15, 0.2) is 18.2 Å². The molecule has 0 atom stereocenters. The van der Waals surface area contributed by atoms with E-state index in [0.29, 0.717) is 5.69 Å². The standard InChI is InChI=1S/C14H17N3O4/c1-2-20-14(19)10-3-4-11(17-13(18)5-6-15)12(9-10)21-8-7-16/h3-4,9H,2,5-6,8,15H2,1H3,(H,17,18). The maximum absolute atomic E-state index is 11.7. The summed E-state index contributed by atoms with van der Waals surface area (Å²) < 4.78 is 10.1. The Morgan fingerprint density at radius 2 is 2.19 bits per heavy atom. The van der Waals surface area contributed by atoms with E-state index in [1.54, 1.807) is 6.92 Å². The number of nitrogens with zero attached hydrogens (tertiary/aromatic N) is 1. The molecule has 7 nitrogen and oxygen atoms in total. The average Bonchev–Trinajstić information content (AvgIpc) is 2.46. The van der Waals surface area contributed by atoms with Crippen molar-refractivity contribution < 1.29 is 19.1 Å². The van der Waals surface area contributed by atoms with Gasteiger partial charge in [0.15, 0.2) is 6.61 Å². The van der Waals surface area contributed by atoms with Crippen LogP contribution in [0, 0.1) is 11.3 Å². The summed E-state index contributed by atoms with van der Waals surface area (Å²) in [6.07, 6.45) is 0.164. The molecule has 1 aromatic carbocycles. The first-order chi connectivity index (χ1) is 10.1. The molecule has 7 heteroatoms. The molecule has 3 N–H and O–H groups in total. The molecule has 0 spiro atoms. The van der Waals surface area contributed by atoms with Crippen LogP contribution in [0.1, 0.15) is 23.7 Å². The number of anilines is 1. The van der Waals surface area contributed by atoms with Crippen LogP contribution in [-0.4, -0.2) is 31.6 Å². The number of nitrogens with two attached hydrogens (primary N) is 1. The molecule has 0 heterocycles. The van der Waals surface area contributed by atoms with Gasteiger partial charge >= 0.3 is 5.97 Å². The Morgan fingerprint density at radius 1 is 1.43 bits per heavy atom. The van der Waals surface area contributed by atoms with Crippen LogP contribution in [0.25, 0.3) is 0 Å². The predicted molar refractivity (Wildman–Crippen MR) is 75.8 cm³/mol. The van der Waals surface area contributed by atoms with Gasteiger partial charge in [-0.3, -0.25) is 4.79 Å². The van der Waals surface area contributed by atoms with Gasteiger partial charge in [0.05, 0.1) is 17.9 Å². The van der Waals surface area contributed by atoms with Crippen LogP contribution in [-0.2, 0) is 9.53 Å². The molecule has 0 saturated carbocycles. The number of rotatable bonds is 7. The fraction of sp³-hybridized carbons (Fsp3) is 0.357. The molecule has 0 unspecified atom stereocenters. The van der Waals surface area contributed by atoms with E-state index in [2.05, 4.69) is 5.32 Å². The minimum absolute atomic E-state index is 0.164. The second-order valence-corrected chi connectivity index (χ2v) is 3.97. The maximum atomic E-state index is 11.7. The quantitative estimate of drug-likeness (QED) is 0.726. The number of esters is 1. The Hall–Kier alpha value is -2.59. The topological polar surface area (TPSA) is 114 Å². The van der Waals surface area contributed by atoms with Crippen molar-refractivity contribution in [3.63, 3.8) is 0 Å². The molecular formula is C14H17N3O4. The van der Waals surface area contributed by atoms with Gasteiger partial charge in [0.1, 0.15) is 11.8 Å². The highest BCUT2D eigenvalue weighted by Crippen LogP contribution is 2.26. The van der Waals surface area contributed by atoms with E-state index in [1.807, 2.05) is 6.07 Å². The minimum Gasteiger partial charge on any atom is -0.477 e. The third-order valence-corrected chi connectivity index (χ3v) is 2.43. The lowest BCUT2D eigenvalue weighted by Crippen LogP contribution is -2.17. The lowest BCUT2D eigenvalue weighted by atomic mass is 10.2. The highest BCUT2D eigenvalue weighted by Gasteiger charge is 2.13. The van der Waals surface area contributed by atoms with Gasteiger partial charge in [-0.2, -0.15) is 5.26 Å². The number of hydrogen-bond donors (Lipinski definition) is 2. The van der Waals surface area contributed by atoms with Crippen LogP contribution in [0.4, 0.5) is 5.69 Å². The molecule has 0 fully saturated rings. The molecule has 0 aliphatic rings. The molecule has 112 valence electrons. The zero-order valence-electron chi connectivity index (χ0n) is 11.7. The monoisotopic (exact) mass is 291 g/mol. The van der Waals surface area contributed by atoms with Crippen molar-refractivity contribution in [3.8, 4) is 11.8 Å². The third-order valence-electron chi connectivity index (χ3n) is 2.43. The fourth-order valence-corrected chi connectivity index (χ4v) is 1.54. The number of hydrogen-bond acceptors (Lipinski definition) is 6. The van der Waals surface area contributed by atoms with Gasteiger partial charge in [0, 0.05) is 13.0 Å². The van der Waals surface area contributed by atoms with Gasteiger partial charge in [-0.1, -0.05) is 0 Å². The van der Waals surface area contributed by atoms with Gasteiger partial charge in [0.25, 0.3) is 0 Å². The molecule has 0 bridgehead atoms. The van der Waals surface area contributed by atoms with E-state index in [0.717, 1.165) is 0 Å². The summed E-state index contributed by atoms with van der Waals surface area (Å²) in [6, 6.07) is 6.28. The SMILES string of the molecule is CCOC(=O)c1ccc(NC(=O)CCN)c(OCC#N)c1. The van der Waals surface area contributed by atoms with Gasteiger partial charge in [0.2, 0.25) is 5.91 Å². The molecule has 1 aromatic rings. The second kappa shape index (κ2) is 8.55. The smallest absolute Gasteiger partial charge is 0.338 e. The molecule has 1 amide bonds. The van der Waals surface area contributed by atoms with Gasteiger partial charge in [-0.25, -0.2) is 4.79 Å². The highest BCUT2D eigenvalue weighted by atomic mass is 16.5. The summed E-state index contributed by atoms with van der Waals surface area (Å²) in [5, 5.41) is 11.2. The first-order valence-electron chi connectivity index (χ1n) is 6.43. The summed E-state index contributed by atoms with van der Waals surface area (Å²) in [5.41, 5.74) is 5.95. The number of nitrogens with one attached hydrogen (secondary N) is 1. The Morgan fingerprint density at radius 3 is 2.81 bits per heavy atom. The number of amides is 1. The zero-order chi connectivity index (χ0) is 15.7. The van der Waals surface area contributed by atoms with Gasteiger partial charge in [-0.05, 0) is 25.1 Å². The van der Waals surface area contributed by atoms with E-state index >= 15 is 0 Å². The lowest BCUT2D eigenvalue weighted by Gasteiger charge is -2.12. The first kappa shape index (κ1) is 16.5. The Bertz CT molecular complexity index is 552. The molecule has 1 rings (SSSR count). The van der Waals surface area contributed by atoms with Crippen molar-refractivity contribution in [1.29, 1.82) is 5.26 Å². The van der Waals surface area contributed by atoms with E-state index in [-0.39, 0.29) is 43.4 Å². The van der Waals surface area contributed by atoms with Crippen molar-refractivity contribution in [1.82, 2.24) is 0 Å². The third kappa shape index (κ3) is 5.12. The lowest BCUT2D eigenvalue weighted by molar-refractivity contribution is -0.116. The number of benzene rings is 1. The molecule has 0 aliphatic carbocycles. The summed E-state index contributed by atoms with van der Waals surface area (Å²) in [4.78, 5) is 23.2. The van der Waals surface area contributed by atoms with E-state index < -0.39 is 5.97 Å². The molecule has 21 heavy (non-hydrogen) atoms. The maximum Gasteiger partial charge on any atom is 0.338 e. The van der Waals surface area contributed by atoms with Crippen LogP contribution < -0.4 is 15.8 Å². The Balaban J connectivity index is 2.98. The summed E-state index contributed by atoms with van der Waals surface area (Å²) in [5.74, 6) is -0.546. The molecular weight excluding hydrogens is 274 g/mol. The Kier molecular flexibility index (Phi) is 6.71. The number of carbonyl (C=O) groups excluding carboxylic acids is 2.